The van der Waals surface area contributed by atoms with Gasteiger partial charge in [-0.1, -0.05) is 6.42 Å². The van der Waals surface area contributed by atoms with Crippen molar-refractivity contribution < 1.29 is 5.11 Å². The first-order valence-corrected chi connectivity index (χ1v) is 6.91. The molecule has 1 unspecified atom stereocenters. The van der Waals surface area contributed by atoms with E-state index in [0.29, 0.717) is 6.42 Å². The first-order chi connectivity index (χ1) is 8.50. The van der Waals surface area contributed by atoms with Crippen molar-refractivity contribution in [2.45, 2.75) is 51.2 Å². The Kier molecular flexibility index (Phi) is 4.07. The van der Waals surface area contributed by atoms with E-state index < -0.39 is 0 Å². The molecule has 1 aliphatic heterocycles. The second-order valence-corrected chi connectivity index (χ2v) is 5.94. The zero-order valence-electron chi connectivity index (χ0n) is 11.8. The predicted octanol–water partition coefficient (Wildman–Crippen LogP) is 1.59. The summed E-state index contributed by atoms with van der Waals surface area (Å²) in [4.78, 5) is 2.43. The molecule has 1 fully saturated rings. The zero-order chi connectivity index (χ0) is 13.2. The molecule has 1 aromatic heterocycles. The average Bonchev–Trinajstić information content (AvgIpc) is 2.76. The summed E-state index contributed by atoms with van der Waals surface area (Å²) in [6.45, 7) is 6.52. The minimum atomic E-state index is -0.347. The molecule has 0 bridgehead atoms. The van der Waals surface area contributed by atoms with Crippen LogP contribution in [0.5, 0.6) is 0 Å². The number of rotatable bonds is 4. The van der Waals surface area contributed by atoms with Gasteiger partial charge in [-0.15, -0.1) is 0 Å². The van der Waals surface area contributed by atoms with Gasteiger partial charge in [-0.2, -0.15) is 5.10 Å². The van der Waals surface area contributed by atoms with Gasteiger partial charge in [0.25, 0.3) is 0 Å². The lowest BCUT2D eigenvalue weighted by molar-refractivity contribution is -0.0187. The molecule has 0 spiro atoms. The molecular weight excluding hydrogens is 226 g/mol. The van der Waals surface area contributed by atoms with Gasteiger partial charge in [-0.25, -0.2) is 0 Å². The Bertz CT molecular complexity index is 380. The fraction of sp³-hybridized carbons (Fsp3) is 0.786. The van der Waals surface area contributed by atoms with Crippen LogP contribution in [-0.4, -0.2) is 44.5 Å². The van der Waals surface area contributed by atoms with Crippen LogP contribution >= 0.6 is 0 Å². The van der Waals surface area contributed by atoms with Crippen LogP contribution in [0.1, 0.15) is 38.7 Å². The molecule has 2 heterocycles. The molecule has 4 nitrogen and oxygen atoms in total. The van der Waals surface area contributed by atoms with Gasteiger partial charge in [-0.3, -0.25) is 9.58 Å². The molecule has 2 rings (SSSR count). The molecule has 18 heavy (non-hydrogen) atoms. The van der Waals surface area contributed by atoms with Crippen molar-refractivity contribution in [2.75, 3.05) is 13.1 Å². The fourth-order valence-electron chi connectivity index (χ4n) is 2.73. The number of aliphatic hydroxyl groups excluding tert-OH is 1. The van der Waals surface area contributed by atoms with Gasteiger partial charge in [0.2, 0.25) is 0 Å². The van der Waals surface area contributed by atoms with Crippen LogP contribution in [0.4, 0.5) is 0 Å². The Hall–Kier alpha value is -0.870. The van der Waals surface area contributed by atoms with Crippen LogP contribution in [0.25, 0.3) is 0 Å². The highest BCUT2D eigenvalue weighted by molar-refractivity contribution is 5.08. The molecule has 0 radical (unpaired) electrons. The summed E-state index contributed by atoms with van der Waals surface area (Å²) in [5.74, 6) is 0. The van der Waals surface area contributed by atoms with E-state index in [1.807, 2.05) is 19.4 Å². The molecule has 0 aromatic carbocycles. The van der Waals surface area contributed by atoms with Crippen molar-refractivity contribution in [3.8, 4) is 0 Å². The molecule has 1 saturated heterocycles. The lowest BCUT2D eigenvalue weighted by atomic mass is 9.89. The molecule has 0 amide bonds. The summed E-state index contributed by atoms with van der Waals surface area (Å²) in [7, 11) is 1.91. The lowest BCUT2D eigenvalue weighted by Crippen LogP contribution is -2.54. The van der Waals surface area contributed by atoms with Gasteiger partial charge < -0.3 is 5.11 Å². The second kappa shape index (κ2) is 5.41. The van der Waals surface area contributed by atoms with E-state index in [1.54, 1.807) is 4.68 Å². The zero-order valence-corrected chi connectivity index (χ0v) is 11.8. The Labute approximate surface area is 110 Å². The van der Waals surface area contributed by atoms with Crippen molar-refractivity contribution in [1.29, 1.82) is 0 Å². The van der Waals surface area contributed by atoms with E-state index in [0.717, 1.165) is 18.7 Å². The monoisotopic (exact) mass is 251 g/mol. The van der Waals surface area contributed by atoms with Crippen LogP contribution in [0.3, 0.4) is 0 Å². The van der Waals surface area contributed by atoms with Gasteiger partial charge >= 0.3 is 0 Å². The Morgan fingerprint density at radius 1 is 1.33 bits per heavy atom. The van der Waals surface area contributed by atoms with Crippen LogP contribution in [0, 0.1) is 0 Å². The summed E-state index contributed by atoms with van der Waals surface area (Å²) in [5.41, 5.74) is 0.950. The van der Waals surface area contributed by atoms with E-state index in [9.17, 15) is 5.11 Å². The van der Waals surface area contributed by atoms with Crippen molar-refractivity contribution >= 4 is 0 Å². The number of hydrogen-bond donors (Lipinski definition) is 1. The third kappa shape index (κ3) is 2.93. The predicted molar refractivity (Wildman–Crippen MR) is 72.4 cm³/mol. The highest BCUT2D eigenvalue weighted by Gasteiger charge is 2.34. The van der Waals surface area contributed by atoms with Crippen molar-refractivity contribution in [3.63, 3.8) is 0 Å². The third-order valence-electron chi connectivity index (χ3n) is 4.17. The Morgan fingerprint density at radius 2 is 2.00 bits per heavy atom. The SMILES string of the molecule is Cn1cc(CC(O)C(C)(C)N2CCCCC2)cn1. The molecule has 0 saturated carbocycles. The van der Waals surface area contributed by atoms with Gasteiger partial charge in [-0.05, 0) is 45.3 Å². The number of nitrogens with zero attached hydrogens (tertiary/aromatic N) is 3. The maximum Gasteiger partial charge on any atom is 0.0759 e. The van der Waals surface area contributed by atoms with Crippen LogP contribution in [0.15, 0.2) is 12.4 Å². The third-order valence-corrected chi connectivity index (χ3v) is 4.17. The molecule has 1 aromatic rings. The lowest BCUT2D eigenvalue weighted by Gasteiger charge is -2.44. The van der Waals surface area contributed by atoms with Crippen molar-refractivity contribution in [3.05, 3.63) is 18.0 Å². The molecule has 4 heteroatoms. The first kappa shape index (κ1) is 13.6. The van der Waals surface area contributed by atoms with E-state index in [2.05, 4.69) is 23.8 Å². The highest BCUT2D eigenvalue weighted by atomic mass is 16.3. The smallest absolute Gasteiger partial charge is 0.0759 e. The van der Waals surface area contributed by atoms with Crippen LogP contribution in [0.2, 0.25) is 0 Å². The number of aromatic nitrogens is 2. The first-order valence-electron chi connectivity index (χ1n) is 6.91. The summed E-state index contributed by atoms with van der Waals surface area (Å²) in [6, 6.07) is 0. The quantitative estimate of drug-likeness (QED) is 0.883. The number of aliphatic hydroxyl groups is 1. The van der Waals surface area contributed by atoms with E-state index in [-0.39, 0.29) is 11.6 Å². The average molecular weight is 251 g/mol. The summed E-state index contributed by atoms with van der Waals surface area (Å²) < 4.78 is 1.79. The minimum absolute atomic E-state index is 0.156. The number of aryl methyl sites for hydroxylation is 1. The van der Waals surface area contributed by atoms with E-state index >= 15 is 0 Å². The largest absolute Gasteiger partial charge is 0.391 e. The number of likely N-dealkylation sites (tertiary alicyclic amines) is 1. The standard InChI is InChI=1S/C14H25N3O/c1-14(2,17-7-5-4-6-8-17)13(18)9-12-10-15-16(3)11-12/h10-11,13,18H,4-9H2,1-3H3. The molecular formula is C14H25N3O. The molecule has 0 aliphatic carbocycles. The van der Waals surface area contributed by atoms with Gasteiger partial charge in [0.05, 0.1) is 12.3 Å². The Morgan fingerprint density at radius 3 is 2.56 bits per heavy atom. The van der Waals surface area contributed by atoms with Crippen molar-refractivity contribution in [1.82, 2.24) is 14.7 Å². The number of hydrogen-bond acceptors (Lipinski definition) is 3. The Balaban J connectivity index is 1.99. The topological polar surface area (TPSA) is 41.3 Å². The molecule has 1 atom stereocenters. The molecule has 1 N–H and O–H groups in total. The second-order valence-electron chi connectivity index (χ2n) is 5.94. The summed E-state index contributed by atoms with van der Waals surface area (Å²) in [6.07, 6.45) is 7.99. The van der Waals surface area contributed by atoms with Gasteiger partial charge in [0.1, 0.15) is 0 Å². The molecule has 102 valence electrons. The van der Waals surface area contributed by atoms with E-state index in [4.69, 9.17) is 0 Å². The maximum atomic E-state index is 10.5. The van der Waals surface area contributed by atoms with Gasteiger partial charge in [0, 0.05) is 25.2 Å². The number of piperidine rings is 1. The maximum absolute atomic E-state index is 10.5. The highest BCUT2D eigenvalue weighted by Crippen LogP contribution is 2.25. The van der Waals surface area contributed by atoms with Gasteiger partial charge in [0.15, 0.2) is 0 Å². The summed E-state index contributed by atoms with van der Waals surface area (Å²) in [5, 5.41) is 14.7. The van der Waals surface area contributed by atoms with Crippen LogP contribution < -0.4 is 0 Å². The normalized spacial score (nSPS) is 20.0. The van der Waals surface area contributed by atoms with E-state index in [1.165, 1.54) is 19.3 Å². The molecule has 1 aliphatic rings. The summed E-state index contributed by atoms with van der Waals surface area (Å²) >= 11 is 0. The fourth-order valence-corrected chi connectivity index (χ4v) is 2.73. The van der Waals surface area contributed by atoms with Crippen LogP contribution in [-0.2, 0) is 13.5 Å². The van der Waals surface area contributed by atoms with Crippen molar-refractivity contribution in [2.24, 2.45) is 7.05 Å². The minimum Gasteiger partial charge on any atom is -0.391 e.